The zero-order valence-electron chi connectivity index (χ0n) is 9.96. The number of nitrogens with one attached hydrogen (secondary N) is 2. The maximum absolute atomic E-state index is 12.5. The van der Waals surface area contributed by atoms with Gasteiger partial charge in [0.25, 0.3) is 0 Å². The van der Waals surface area contributed by atoms with Crippen molar-refractivity contribution in [2.24, 2.45) is 0 Å². The molecule has 1 fully saturated rings. The summed E-state index contributed by atoms with van der Waals surface area (Å²) < 4.78 is 37.4. The van der Waals surface area contributed by atoms with Crippen LogP contribution in [0.2, 0.25) is 0 Å². The molecule has 0 bridgehead atoms. The number of nitrogens with zero attached hydrogens (tertiary/aromatic N) is 1. The number of aromatic nitrogens is 2. The number of aromatic amines is 1. The van der Waals surface area contributed by atoms with Gasteiger partial charge < -0.3 is 5.32 Å². The first kappa shape index (κ1) is 12.2. The van der Waals surface area contributed by atoms with Gasteiger partial charge in [-0.3, -0.25) is 5.10 Å². The second-order valence-electron chi connectivity index (χ2n) is 4.64. The predicted octanol–water partition coefficient (Wildman–Crippen LogP) is 2.78. The van der Waals surface area contributed by atoms with Crippen molar-refractivity contribution < 1.29 is 13.2 Å². The zero-order chi connectivity index (χ0) is 13.5. The Labute approximate surface area is 107 Å². The number of hydrogen-bond donors (Lipinski definition) is 2. The quantitative estimate of drug-likeness (QED) is 0.878. The van der Waals surface area contributed by atoms with Crippen LogP contribution in [0.15, 0.2) is 30.3 Å². The van der Waals surface area contributed by atoms with Gasteiger partial charge in [-0.2, -0.15) is 18.3 Å². The van der Waals surface area contributed by atoms with E-state index in [1.165, 1.54) is 5.56 Å². The third kappa shape index (κ3) is 2.35. The van der Waals surface area contributed by atoms with Crippen LogP contribution in [0.1, 0.15) is 17.2 Å². The molecule has 0 unspecified atom stereocenters. The molecule has 0 amide bonds. The number of benzene rings is 1. The first-order valence-electron chi connectivity index (χ1n) is 5.98. The number of alkyl halides is 3. The topological polar surface area (TPSA) is 40.7 Å². The van der Waals surface area contributed by atoms with Crippen molar-refractivity contribution in [1.82, 2.24) is 15.5 Å². The molecule has 0 spiro atoms. The normalized spacial score (nSPS) is 16.4. The molecule has 1 aromatic heterocycles. The minimum Gasteiger partial charge on any atom is -0.315 e. The molecule has 100 valence electrons. The molecule has 0 aliphatic carbocycles. The van der Waals surface area contributed by atoms with E-state index in [9.17, 15) is 13.2 Å². The van der Waals surface area contributed by atoms with Crippen molar-refractivity contribution in [1.29, 1.82) is 0 Å². The van der Waals surface area contributed by atoms with Crippen molar-refractivity contribution in [2.45, 2.75) is 12.1 Å². The van der Waals surface area contributed by atoms with E-state index < -0.39 is 11.9 Å². The summed E-state index contributed by atoms with van der Waals surface area (Å²) in [5.41, 5.74) is 1.37. The highest BCUT2D eigenvalue weighted by Gasteiger charge is 2.33. The second-order valence-corrected chi connectivity index (χ2v) is 4.64. The number of H-pyrrole nitrogens is 1. The fourth-order valence-electron chi connectivity index (χ4n) is 2.07. The highest BCUT2D eigenvalue weighted by Crippen LogP contribution is 2.30. The van der Waals surface area contributed by atoms with Gasteiger partial charge in [-0.05, 0) is 11.6 Å². The first-order chi connectivity index (χ1) is 9.04. The summed E-state index contributed by atoms with van der Waals surface area (Å²) in [4.78, 5) is 0. The van der Waals surface area contributed by atoms with Crippen LogP contribution < -0.4 is 5.32 Å². The van der Waals surface area contributed by atoms with Gasteiger partial charge >= 0.3 is 6.18 Å². The molecule has 3 rings (SSSR count). The van der Waals surface area contributed by atoms with Crippen LogP contribution in [-0.4, -0.2) is 23.3 Å². The molecular formula is C13H12F3N3. The standard InChI is InChI=1S/C13H12F3N3/c14-13(15,16)12-5-11(18-19-12)9-3-1-8(2-4-9)10-6-17-7-10/h1-5,10,17H,6-7H2,(H,18,19). The van der Waals surface area contributed by atoms with E-state index in [1.807, 2.05) is 29.4 Å². The van der Waals surface area contributed by atoms with E-state index in [1.54, 1.807) is 0 Å². The molecule has 1 aliphatic rings. The van der Waals surface area contributed by atoms with Crippen molar-refractivity contribution in [3.8, 4) is 11.3 Å². The van der Waals surface area contributed by atoms with Crippen LogP contribution in [0.5, 0.6) is 0 Å². The van der Waals surface area contributed by atoms with E-state index >= 15 is 0 Å². The fourth-order valence-corrected chi connectivity index (χ4v) is 2.07. The van der Waals surface area contributed by atoms with Crippen LogP contribution in [0.25, 0.3) is 11.3 Å². The van der Waals surface area contributed by atoms with E-state index in [0.29, 0.717) is 17.2 Å². The Morgan fingerprint density at radius 1 is 1.11 bits per heavy atom. The molecule has 1 aliphatic heterocycles. The van der Waals surface area contributed by atoms with Gasteiger partial charge in [0.05, 0.1) is 5.69 Å². The Hall–Kier alpha value is -1.82. The third-order valence-corrected chi connectivity index (χ3v) is 3.34. The summed E-state index contributed by atoms with van der Waals surface area (Å²) in [5, 5.41) is 8.91. The van der Waals surface area contributed by atoms with Crippen molar-refractivity contribution in [2.75, 3.05) is 13.1 Å². The van der Waals surface area contributed by atoms with Crippen molar-refractivity contribution >= 4 is 0 Å². The molecular weight excluding hydrogens is 255 g/mol. The van der Waals surface area contributed by atoms with Gasteiger partial charge in [-0.25, -0.2) is 0 Å². The Morgan fingerprint density at radius 2 is 1.79 bits per heavy atom. The maximum Gasteiger partial charge on any atom is 0.432 e. The third-order valence-electron chi connectivity index (χ3n) is 3.34. The summed E-state index contributed by atoms with van der Waals surface area (Å²) in [6.45, 7) is 1.92. The molecule has 2 N–H and O–H groups in total. The minimum atomic E-state index is -4.39. The average molecular weight is 267 g/mol. The summed E-state index contributed by atoms with van der Waals surface area (Å²) in [6.07, 6.45) is -4.39. The Balaban J connectivity index is 1.83. The van der Waals surface area contributed by atoms with E-state index in [-0.39, 0.29) is 0 Å². The molecule has 2 aromatic rings. The van der Waals surface area contributed by atoms with Gasteiger partial charge in [-0.15, -0.1) is 0 Å². The summed E-state index contributed by atoms with van der Waals surface area (Å²) in [7, 11) is 0. The van der Waals surface area contributed by atoms with Crippen molar-refractivity contribution in [3.05, 3.63) is 41.6 Å². The van der Waals surface area contributed by atoms with E-state index in [4.69, 9.17) is 0 Å². The minimum absolute atomic E-state index is 0.311. The Morgan fingerprint density at radius 3 is 2.26 bits per heavy atom. The Kier molecular flexibility index (Phi) is 2.82. The van der Waals surface area contributed by atoms with Crippen molar-refractivity contribution in [3.63, 3.8) is 0 Å². The van der Waals surface area contributed by atoms with Crippen LogP contribution >= 0.6 is 0 Å². The van der Waals surface area contributed by atoms with Gasteiger partial charge in [0.1, 0.15) is 5.69 Å². The average Bonchev–Trinajstić information content (AvgIpc) is 2.76. The highest BCUT2D eigenvalue weighted by molar-refractivity contribution is 5.60. The molecule has 0 saturated carbocycles. The van der Waals surface area contributed by atoms with Crippen LogP contribution in [-0.2, 0) is 6.18 Å². The number of hydrogen-bond acceptors (Lipinski definition) is 2. The van der Waals surface area contributed by atoms with E-state index in [0.717, 1.165) is 19.2 Å². The van der Waals surface area contributed by atoms with Crippen LogP contribution in [0.4, 0.5) is 13.2 Å². The lowest BCUT2D eigenvalue weighted by atomic mass is 9.93. The Bertz CT molecular complexity index is 568. The molecule has 3 nitrogen and oxygen atoms in total. The molecule has 1 saturated heterocycles. The summed E-state index contributed by atoms with van der Waals surface area (Å²) >= 11 is 0. The SMILES string of the molecule is FC(F)(F)c1cc(-c2ccc(C3CNC3)cc2)n[nH]1. The molecule has 0 atom stereocenters. The van der Waals surface area contributed by atoms with Crippen LogP contribution in [0.3, 0.4) is 0 Å². The van der Waals surface area contributed by atoms with Gasteiger partial charge in [-0.1, -0.05) is 24.3 Å². The smallest absolute Gasteiger partial charge is 0.315 e. The van der Waals surface area contributed by atoms with Gasteiger partial charge in [0.15, 0.2) is 0 Å². The second kappa shape index (κ2) is 4.38. The molecule has 1 aromatic carbocycles. The zero-order valence-corrected chi connectivity index (χ0v) is 9.96. The summed E-state index contributed by atoms with van der Waals surface area (Å²) in [6, 6.07) is 8.54. The van der Waals surface area contributed by atoms with E-state index in [2.05, 4.69) is 10.4 Å². The highest BCUT2D eigenvalue weighted by atomic mass is 19.4. The summed E-state index contributed by atoms with van der Waals surface area (Å²) in [5.74, 6) is 0.513. The van der Waals surface area contributed by atoms with Crippen LogP contribution in [0, 0.1) is 0 Å². The molecule has 2 heterocycles. The number of rotatable bonds is 2. The predicted molar refractivity (Wildman–Crippen MR) is 64.6 cm³/mol. The molecule has 6 heteroatoms. The lowest BCUT2D eigenvalue weighted by Crippen LogP contribution is -2.39. The lowest BCUT2D eigenvalue weighted by Gasteiger charge is -2.27. The fraction of sp³-hybridized carbons (Fsp3) is 0.308. The maximum atomic E-state index is 12.5. The lowest BCUT2D eigenvalue weighted by molar-refractivity contribution is -0.141. The molecule has 19 heavy (non-hydrogen) atoms. The number of halogens is 3. The molecule has 0 radical (unpaired) electrons. The first-order valence-corrected chi connectivity index (χ1v) is 5.98. The largest absolute Gasteiger partial charge is 0.432 e. The monoisotopic (exact) mass is 267 g/mol. The van der Waals surface area contributed by atoms with Gasteiger partial charge in [0.2, 0.25) is 0 Å². The van der Waals surface area contributed by atoms with Gasteiger partial charge in [0, 0.05) is 24.6 Å².